The molecule has 1 aliphatic rings. The summed E-state index contributed by atoms with van der Waals surface area (Å²) in [6.45, 7) is -1.02. The third-order valence-corrected chi connectivity index (χ3v) is 4.93. The molecule has 1 aliphatic heterocycles. The topological polar surface area (TPSA) is 45.2 Å². The van der Waals surface area contributed by atoms with Gasteiger partial charge in [0.2, 0.25) is 0 Å². The van der Waals surface area contributed by atoms with Crippen molar-refractivity contribution in [3.05, 3.63) is 70.9 Å². The van der Waals surface area contributed by atoms with E-state index in [9.17, 15) is 26.7 Å². The van der Waals surface area contributed by atoms with Crippen LogP contribution in [0.2, 0.25) is 0 Å². The van der Waals surface area contributed by atoms with Crippen LogP contribution in [0, 0.1) is 11.6 Å². The standard InChI is InChI=1S/C21H16F5N3O/c22-15-6-5-12(9-16(15)23)27-20(30)19-13-3-1-2-4-17(13)28-18-7-8-29(10-14(18)19)11-21(24,25)26/h1-6,9H,7-8,10-11H2,(H,27,30). The van der Waals surface area contributed by atoms with Crippen molar-refractivity contribution >= 4 is 22.5 Å². The molecule has 0 unspecified atom stereocenters. The number of para-hydroxylation sites is 1. The highest BCUT2D eigenvalue weighted by molar-refractivity contribution is 6.13. The van der Waals surface area contributed by atoms with Crippen molar-refractivity contribution in [2.24, 2.45) is 0 Å². The number of anilines is 1. The van der Waals surface area contributed by atoms with Gasteiger partial charge in [0, 0.05) is 47.9 Å². The number of nitrogens with one attached hydrogen (secondary N) is 1. The number of rotatable bonds is 3. The predicted octanol–water partition coefficient (Wildman–Crippen LogP) is 4.69. The number of nitrogens with zero attached hydrogens (tertiary/aromatic N) is 2. The third-order valence-electron chi connectivity index (χ3n) is 4.93. The first-order valence-corrected chi connectivity index (χ1v) is 9.17. The molecule has 2 heterocycles. The van der Waals surface area contributed by atoms with Crippen LogP contribution in [0.4, 0.5) is 27.6 Å². The fraction of sp³-hybridized carbons (Fsp3) is 0.238. The molecule has 156 valence electrons. The highest BCUT2D eigenvalue weighted by atomic mass is 19.4. The van der Waals surface area contributed by atoms with Crippen molar-refractivity contribution in [3.8, 4) is 0 Å². The van der Waals surface area contributed by atoms with Crippen molar-refractivity contribution in [1.82, 2.24) is 9.88 Å². The van der Waals surface area contributed by atoms with Gasteiger partial charge in [0.05, 0.1) is 17.6 Å². The van der Waals surface area contributed by atoms with Gasteiger partial charge in [-0.15, -0.1) is 0 Å². The Morgan fingerprint density at radius 1 is 1.10 bits per heavy atom. The third kappa shape index (κ3) is 4.11. The number of aromatic nitrogens is 1. The fourth-order valence-electron chi connectivity index (χ4n) is 3.66. The largest absolute Gasteiger partial charge is 0.401 e. The van der Waals surface area contributed by atoms with E-state index in [1.807, 2.05) is 0 Å². The Morgan fingerprint density at radius 2 is 1.87 bits per heavy atom. The Labute approximate surface area is 168 Å². The molecule has 0 fully saturated rings. The summed E-state index contributed by atoms with van der Waals surface area (Å²) in [5.74, 6) is -2.79. The lowest BCUT2D eigenvalue weighted by atomic mass is 9.95. The van der Waals surface area contributed by atoms with Gasteiger partial charge in [0.25, 0.3) is 5.91 Å². The maximum absolute atomic E-state index is 13.5. The lowest BCUT2D eigenvalue weighted by molar-refractivity contribution is -0.147. The second-order valence-electron chi connectivity index (χ2n) is 7.09. The van der Waals surface area contributed by atoms with E-state index < -0.39 is 30.3 Å². The van der Waals surface area contributed by atoms with Gasteiger partial charge in [-0.25, -0.2) is 8.78 Å². The van der Waals surface area contributed by atoms with Crippen LogP contribution in [0.5, 0.6) is 0 Å². The van der Waals surface area contributed by atoms with Crippen LogP contribution in [0.25, 0.3) is 10.9 Å². The van der Waals surface area contributed by atoms with Crippen molar-refractivity contribution < 1.29 is 26.7 Å². The second-order valence-corrected chi connectivity index (χ2v) is 7.09. The van der Waals surface area contributed by atoms with Gasteiger partial charge in [-0.2, -0.15) is 13.2 Å². The molecule has 1 aromatic heterocycles. The van der Waals surface area contributed by atoms with E-state index in [1.54, 1.807) is 24.3 Å². The summed E-state index contributed by atoms with van der Waals surface area (Å²) in [4.78, 5) is 18.8. The number of hydrogen-bond acceptors (Lipinski definition) is 3. The lowest BCUT2D eigenvalue weighted by Gasteiger charge is -2.30. The summed E-state index contributed by atoms with van der Waals surface area (Å²) in [6, 6.07) is 9.76. The van der Waals surface area contributed by atoms with Gasteiger partial charge in [-0.3, -0.25) is 14.7 Å². The smallest absolute Gasteiger partial charge is 0.322 e. The number of amides is 1. The molecule has 3 aromatic rings. The summed E-state index contributed by atoms with van der Waals surface area (Å²) in [7, 11) is 0. The minimum absolute atomic E-state index is 0.0384. The highest BCUT2D eigenvalue weighted by Crippen LogP contribution is 2.30. The summed E-state index contributed by atoms with van der Waals surface area (Å²) >= 11 is 0. The summed E-state index contributed by atoms with van der Waals surface area (Å²) in [6.07, 6.45) is -4.10. The highest BCUT2D eigenvalue weighted by Gasteiger charge is 2.34. The Morgan fingerprint density at radius 3 is 2.60 bits per heavy atom. The van der Waals surface area contributed by atoms with E-state index in [0.29, 0.717) is 22.2 Å². The van der Waals surface area contributed by atoms with Crippen LogP contribution in [-0.2, 0) is 13.0 Å². The Kier molecular flexibility index (Phi) is 5.15. The van der Waals surface area contributed by atoms with E-state index in [4.69, 9.17) is 0 Å². The molecule has 0 bridgehead atoms. The summed E-state index contributed by atoms with van der Waals surface area (Å²) < 4.78 is 65.3. The Bertz CT molecular complexity index is 1130. The number of pyridine rings is 1. The van der Waals surface area contributed by atoms with E-state index in [1.165, 1.54) is 11.0 Å². The minimum atomic E-state index is -4.37. The molecule has 2 aromatic carbocycles. The number of halogens is 5. The number of carbonyl (C=O) groups is 1. The van der Waals surface area contributed by atoms with Crippen LogP contribution < -0.4 is 5.32 Å². The lowest BCUT2D eigenvalue weighted by Crippen LogP contribution is -2.39. The maximum Gasteiger partial charge on any atom is 0.401 e. The van der Waals surface area contributed by atoms with Gasteiger partial charge in [-0.05, 0) is 18.2 Å². The molecule has 0 radical (unpaired) electrons. The SMILES string of the molecule is O=C(Nc1ccc(F)c(F)c1)c1c2c(nc3ccccc13)CCN(CC(F)(F)F)C2. The normalized spacial score (nSPS) is 14.6. The molecule has 1 amide bonds. The molecule has 30 heavy (non-hydrogen) atoms. The van der Waals surface area contributed by atoms with E-state index >= 15 is 0 Å². The van der Waals surface area contributed by atoms with Crippen LogP contribution in [0.1, 0.15) is 21.6 Å². The fourth-order valence-corrected chi connectivity index (χ4v) is 3.66. The average Bonchev–Trinajstić information content (AvgIpc) is 2.67. The number of alkyl halides is 3. The van der Waals surface area contributed by atoms with Gasteiger partial charge < -0.3 is 5.32 Å². The molecule has 4 rings (SSSR count). The van der Waals surface area contributed by atoms with Crippen LogP contribution in [0.3, 0.4) is 0 Å². The molecule has 0 atom stereocenters. The first kappa shape index (κ1) is 20.2. The van der Waals surface area contributed by atoms with Crippen molar-refractivity contribution in [2.75, 3.05) is 18.4 Å². The van der Waals surface area contributed by atoms with Gasteiger partial charge >= 0.3 is 6.18 Å². The summed E-state index contributed by atoms with van der Waals surface area (Å²) in [5, 5.41) is 2.99. The van der Waals surface area contributed by atoms with Gasteiger partial charge in [0.1, 0.15) is 0 Å². The zero-order chi connectivity index (χ0) is 21.5. The number of carbonyl (C=O) groups excluding carboxylic acids is 1. The molecule has 9 heteroatoms. The van der Waals surface area contributed by atoms with Crippen LogP contribution in [-0.4, -0.2) is 35.1 Å². The van der Waals surface area contributed by atoms with Crippen LogP contribution in [0.15, 0.2) is 42.5 Å². The molecule has 0 aliphatic carbocycles. The molecular weight excluding hydrogens is 405 g/mol. The molecule has 0 saturated heterocycles. The van der Waals surface area contributed by atoms with E-state index in [0.717, 1.165) is 12.1 Å². The van der Waals surface area contributed by atoms with Crippen LogP contribution >= 0.6 is 0 Å². The number of fused-ring (bicyclic) bond motifs is 2. The molecule has 1 N–H and O–H groups in total. The Hall–Kier alpha value is -3.07. The second kappa shape index (κ2) is 7.64. The number of benzene rings is 2. The van der Waals surface area contributed by atoms with Crippen molar-refractivity contribution in [3.63, 3.8) is 0 Å². The zero-order valence-corrected chi connectivity index (χ0v) is 15.6. The van der Waals surface area contributed by atoms with Crippen molar-refractivity contribution in [2.45, 2.75) is 19.1 Å². The zero-order valence-electron chi connectivity index (χ0n) is 15.6. The molecular formula is C21H16F5N3O. The molecule has 4 nitrogen and oxygen atoms in total. The van der Waals surface area contributed by atoms with Crippen molar-refractivity contribution in [1.29, 1.82) is 0 Å². The Balaban J connectivity index is 1.76. The van der Waals surface area contributed by atoms with Gasteiger partial charge in [0.15, 0.2) is 11.6 Å². The quantitative estimate of drug-likeness (QED) is 0.625. The molecule has 0 saturated carbocycles. The monoisotopic (exact) mass is 421 g/mol. The van der Waals surface area contributed by atoms with Gasteiger partial charge in [-0.1, -0.05) is 18.2 Å². The van der Waals surface area contributed by atoms with E-state index in [2.05, 4.69) is 10.3 Å². The first-order chi connectivity index (χ1) is 14.2. The number of hydrogen-bond donors (Lipinski definition) is 1. The first-order valence-electron chi connectivity index (χ1n) is 9.17. The minimum Gasteiger partial charge on any atom is -0.322 e. The maximum atomic E-state index is 13.5. The summed E-state index contributed by atoms with van der Waals surface area (Å²) in [5.41, 5.74) is 1.73. The van der Waals surface area contributed by atoms with E-state index in [-0.39, 0.29) is 30.8 Å². The predicted molar refractivity (Wildman–Crippen MR) is 101 cm³/mol. The average molecular weight is 421 g/mol. The molecule has 0 spiro atoms.